The van der Waals surface area contributed by atoms with Crippen molar-refractivity contribution >= 4 is 38.9 Å². The lowest BCUT2D eigenvalue weighted by molar-refractivity contribution is -0.116. The van der Waals surface area contributed by atoms with Gasteiger partial charge < -0.3 is 5.32 Å². The van der Waals surface area contributed by atoms with Gasteiger partial charge in [-0.05, 0) is 42.3 Å². The molecule has 26 heavy (non-hydrogen) atoms. The SMILES string of the molecule is CCc1ccc(N(CCC(=O)Nc2ccc(F)c(Cl)c2)S(C)(=O)=O)cc1. The van der Waals surface area contributed by atoms with Crippen LogP contribution in [0.5, 0.6) is 0 Å². The molecule has 0 aliphatic heterocycles. The molecule has 0 bridgehead atoms. The average Bonchev–Trinajstić information content (AvgIpc) is 2.58. The van der Waals surface area contributed by atoms with Crippen molar-refractivity contribution < 1.29 is 17.6 Å². The Morgan fingerprint density at radius 1 is 1.19 bits per heavy atom. The van der Waals surface area contributed by atoms with E-state index in [-0.39, 0.29) is 18.0 Å². The topological polar surface area (TPSA) is 66.5 Å². The first-order valence-electron chi connectivity index (χ1n) is 8.02. The number of halogens is 2. The minimum absolute atomic E-state index is 0.00886. The lowest BCUT2D eigenvalue weighted by Gasteiger charge is -2.22. The molecule has 8 heteroatoms. The van der Waals surface area contributed by atoms with E-state index in [0.717, 1.165) is 24.3 Å². The molecule has 2 aromatic carbocycles. The highest BCUT2D eigenvalue weighted by Crippen LogP contribution is 2.21. The zero-order valence-corrected chi connectivity index (χ0v) is 16.1. The average molecular weight is 399 g/mol. The summed E-state index contributed by atoms with van der Waals surface area (Å²) in [5.41, 5.74) is 1.94. The maximum absolute atomic E-state index is 13.1. The third-order valence-corrected chi connectivity index (χ3v) is 5.26. The first-order valence-corrected chi connectivity index (χ1v) is 10.2. The van der Waals surface area contributed by atoms with Gasteiger partial charge in [0.25, 0.3) is 0 Å². The van der Waals surface area contributed by atoms with Crippen LogP contribution < -0.4 is 9.62 Å². The molecule has 0 fully saturated rings. The minimum Gasteiger partial charge on any atom is -0.326 e. The summed E-state index contributed by atoms with van der Waals surface area (Å²) in [5.74, 6) is -0.977. The van der Waals surface area contributed by atoms with E-state index in [4.69, 9.17) is 11.6 Å². The van der Waals surface area contributed by atoms with Crippen LogP contribution in [0, 0.1) is 5.82 Å². The van der Waals surface area contributed by atoms with Crippen molar-refractivity contribution in [1.29, 1.82) is 0 Å². The highest BCUT2D eigenvalue weighted by atomic mass is 35.5. The van der Waals surface area contributed by atoms with Gasteiger partial charge >= 0.3 is 0 Å². The monoisotopic (exact) mass is 398 g/mol. The Balaban J connectivity index is 2.06. The fourth-order valence-electron chi connectivity index (χ4n) is 2.38. The van der Waals surface area contributed by atoms with Gasteiger partial charge in [-0.3, -0.25) is 9.10 Å². The van der Waals surface area contributed by atoms with E-state index in [1.54, 1.807) is 12.1 Å². The summed E-state index contributed by atoms with van der Waals surface area (Å²) >= 11 is 5.68. The summed E-state index contributed by atoms with van der Waals surface area (Å²) in [6, 6.07) is 11.0. The lowest BCUT2D eigenvalue weighted by Crippen LogP contribution is -2.33. The lowest BCUT2D eigenvalue weighted by atomic mass is 10.1. The molecule has 0 aliphatic carbocycles. The number of nitrogens with one attached hydrogen (secondary N) is 1. The van der Waals surface area contributed by atoms with Crippen LogP contribution in [0.1, 0.15) is 18.9 Å². The number of aryl methyl sites for hydroxylation is 1. The summed E-state index contributed by atoms with van der Waals surface area (Å²) < 4.78 is 38.5. The normalized spacial score (nSPS) is 11.2. The zero-order chi connectivity index (χ0) is 19.3. The van der Waals surface area contributed by atoms with E-state index in [9.17, 15) is 17.6 Å². The molecule has 0 aromatic heterocycles. The minimum atomic E-state index is -3.54. The Labute approximate surface area is 157 Å². The molecule has 2 aromatic rings. The highest BCUT2D eigenvalue weighted by molar-refractivity contribution is 7.92. The van der Waals surface area contributed by atoms with Crippen LogP contribution >= 0.6 is 11.6 Å². The van der Waals surface area contributed by atoms with Crippen molar-refractivity contribution in [2.75, 3.05) is 22.4 Å². The molecule has 140 valence electrons. The van der Waals surface area contributed by atoms with Crippen LogP contribution in [0.4, 0.5) is 15.8 Å². The van der Waals surface area contributed by atoms with E-state index in [2.05, 4.69) is 5.32 Å². The van der Waals surface area contributed by atoms with Gasteiger partial charge in [0.2, 0.25) is 15.9 Å². The number of hydrogen-bond acceptors (Lipinski definition) is 3. The number of carbonyl (C=O) groups excluding carboxylic acids is 1. The largest absolute Gasteiger partial charge is 0.326 e. The molecular formula is C18H20ClFN2O3S. The van der Waals surface area contributed by atoms with Gasteiger partial charge in [-0.25, -0.2) is 12.8 Å². The fourth-order valence-corrected chi connectivity index (χ4v) is 3.49. The summed E-state index contributed by atoms with van der Waals surface area (Å²) in [7, 11) is -3.54. The van der Waals surface area contributed by atoms with E-state index in [0.29, 0.717) is 11.4 Å². The number of amides is 1. The number of nitrogens with zero attached hydrogens (tertiary/aromatic N) is 1. The van der Waals surface area contributed by atoms with E-state index < -0.39 is 21.7 Å². The standard InChI is InChI=1S/C18H20ClFN2O3S/c1-3-13-4-7-15(8-5-13)22(26(2,24)25)11-10-18(23)21-14-6-9-17(20)16(19)12-14/h4-9,12H,3,10-11H2,1-2H3,(H,21,23). The summed E-state index contributed by atoms with van der Waals surface area (Å²) in [4.78, 5) is 12.1. The van der Waals surface area contributed by atoms with Crippen LogP contribution in [-0.2, 0) is 21.2 Å². The van der Waals surface area contributed by atoms with Crippen LogP contribution in [0.15, 0.2) is 42.5 Å². The van der Waals surface area contributed by atoms with Crippen molar-refractivity contribution in [3.05, 3.63) is 58.9 Å². The first kappa shape index (κ1) is 20.2. The second kappa shape index (κ2) is 8.51. The fraction of sp³-hybridized carbons (Fsp3) is 0.278. The smallest absolute Gasteiger partial charge is 0.232 e. The number of sulfonamides is 1. The number of rotatable bonds is 7. The van der Waals surface area contributed by atoms with E-state index >= 15 is 0 Å². The molecule has 0 atom stereocenters. The van der Waals surface area contributed by atoms with Crippen molar-refractivity contribution in [1.82, 2.24) is 0 Å². The Kier molecular flexibility index (Phi) is 6.61. The maximum Gasteiger partial charge on any atom is 0.232 e. The molecule has 0 saturated carbocycles. The van der Waals surface area contributed by atoms with E-state index in [1.807, 2.05) is 19.1 Å². The Bertz CT molecular complexity index is 886. The molecule has 0 aliphatic rings. The molecule has 1 N–H and O–H groups in total. The molecule has 0 spiro atoms. The number of anilines is 2. The zero-order valence-electron chi connectivity index (χ0n) is 14.5. The van der Waals surface area contributed by atoms with Crippen LogP contribution in [0.3, 0.4) is 0 Å². The van der Waals surface area contributed by atoms with Crippen molar-refractivity contribution in [3.8, 4) is 0 Å². The van der Waals surface area contributed by atoms with Gasteiger partial charge in [0, 0.05) is 18.7 Å². The molecule has 5 nitrogen and oxygen atoms in total. The molecule has 1 amide bonds. The third kappa shape index (κ3) is 5.44. The van der Waals surface area contributed by atoms with Crippen molar-refractivity contribution in [2.24, 2.45) is 0 Å². The van der Waals surface area contributed by atoms with Crippen molar-refractivity contribution in [3.63, 3.8) is 0 Å². The number of benzene rings is 2. The van der Waals surface area contributed by atoms with Crippen LogP contribution in [-0.4, -0.2) is 27.1 Å². The predicted molar refractivity (Wildman–Crippen MR) is 103 cm³/mol. The second-order valence-electron chi connectivity index (χ2n) is 5.78. The molecule has 0 heterocycles. The van der Waals surface area contributed by atoms with Crippen LogP contribution in [0.2, 0.25) is 5.02 Å². The molecular weight excluding hydrogens is 379 g/mol. The van der Waals surface area contributed by atoms with E-state index in [1.165, 1.54) is 16.4 Å². The Hall–Kier alpha value is -2.12. The third-order valence-electron chi connectivity index (χ3n) is 3.78. The Morgan fingerprint density at radius 3 is 2.38 bits per heavy atom. The second-order valence-corrected chi connectivity index (χ2v) is 8.10. The van der Waals surface area contributed by atoms with Crippen molar-refractivity contribution in [2.45, 2.75) is 19.8 Å². The molecule has 0 saturated heterocycles. The number of hydrogen-bond donors (Lipinski definition) is 1. The molecule has 0 radical (unpaired) electrons. The van der Waals surface area contributed by atoms with Crippen LogP contribution in [0.25, 0.3) is 0 Å². The van der Waals surface area contributed by atoms with Gasteiger partial charge in [-0.1, -0.05) is 30.7 Å². The summed E-state index contributed by atoms with van der Waals surface area (Å²) in [6.45, 7) is 2.00. The predicted octanol–water partition coefficient (Wildman–Crippen LogP) is 3.84. The first-order chi connectivity index (χ1) is 12.2. The Morgan fingerprint density at radius 2 is 1.85 bits per heavy atom. The maximum atomic E-state index is 13.1. The van der Waals surface area contributed by atoms with Gasteiger partial charge in [-0.2, -0.15) is 0 Å². The highest BCUT2D eigenvalue weighted by Gasteiger charge is 2.18. The molecule has 2 rings (SSSR count). The summed E-state index contributed by atoms with van der Waals surface area (Å²) in [6.07, 6.45) is 1.89. The van der Waals surface area contributed by atoms with Gasteiger partial charge in [-0.15, -0.1) is 0 Å². The van der Waals surface area contributed by atoms with Gasteiger partial charge in [0.15, 0.2) is 0 Å². The van der Waals surface area contributed by atoms with Gasteiger partial charge in [0.05, 0.1) is 17.0 Å². The number of carbonyl (C=O) groups is 1. The van der Waals surface area contributed by atoms with Gasteiger partial charge in [0.1, 0.15) is 5.82 Å². The summed E-state index contributed by atoms with van der Waals surface area (Å²) in [5, 5.41) is 2.47. The quantitative estimate of drug-likeness (QED) is 0.770. The molecule has 0 unspecified atom stereocenters.